The average molecular weight is 292 g/mol. The zero-order chi connectivity index (χ0) is 14.2. The number of hydrogen-bond donors (Lipinski definition) is 1. The Bertz CT molecular complexity index is 621. The van der Waals surface area contributed by atoms with Crippen molar-refractivity contribution in [1.82, 2.24) is 4.98 Å². The molecule has 0 bridgehead atoms. The highest BCUT2D eigenvalue weighted by Crippen LogP contribution is 2.39. The molecule has 19 heavy (non-hydrogen) atoms. The molecule has 102 valence electrons. The first-order chi connectivity index (χ1) is 8.84. The molecule has 0 aliphatic carbocycles. The molecule has 2 aromatic rings. The number of ether oxygens (including phenoxy) is 1. The topological polar surface area (TPSA) is 42.1 Å². The van der Waals surface area contributed by atoms with Crippen molar-refractivity contribution in [1.29, 1.82) is 0 Å². The largest absolute Gasteiger partial charge is 0.468 e. The van der Waals surface area contributed by atoms with Crippen LogP contribution in [0, 0.1) is 0 Å². The van der Waals surface area contributed by atoms with E-state index in [-0.39, 0.29) is 10.9 Å². The first-order valence-electron chi connectivity index (χ1n) is 5.25. The quantitative estimate of drug-likeness (QED) is 0.858. The Morgan fingerprint density at radius 1 is 1.42 bits per heavy atom. The lowest BCUT2D eigenvalue weighted by molar-refractivity contribution is -0.179. The van der Waals surface area contributed by atoms with Crippen LogP contribution in [0.5, 0.6) is 0 Å². The molecule has 1 aromatic heterocycles. The molecule has 0 saturated carbocycles. The minimum Gasteiger partial charge on any atom is -0.468 e. The van der Waals surface area contributed by atoms with E-state index < -0.39 is 18.1 Å². The van der Waals surface area contributed by atoms with Crippen molar-refractivity contribution in [3.63, 3.8) is 0 Å². The molecule has 7 heteroatoms. The maximum atomic E-state index is 13.0. The van der Waals surface area contributed by atoms with Crippen molar-refractivity contribution in [2.24, 2.45) is 0 Å². The zero-order valence-electron chi connectivity index (χ0n) is 9.72. The van der Waals surface area contributed by atoms with Crippen LogP contribution in [0.3, 0.4) is 0 Å². The van der Waals surface area contributed by atoms with E-state index in [1.54, 1.807) is 12.1 Å². The van der Waals surface area contributed by atoms with Crippen LogP contribution in [0.4, 0.5) is 13.2 Å². The highest BCUT2D eigenvalue weighted by molar-refractivity contribution is 6.31. The van der Waals surface area contributed by atoms with E-state index in [9.17, 15) is 18.0 Å². The summed E-state index contributed by atoms with van der Waals surface area (Å²) in [6.45, 7) is 0. The zero-order valence-corrected chi connectivity index (χ0v) is 10.5. The molecular formula is C12H9ClF3NO2. The summed E-state index contributed by atoms with van der Waals surface area (Å²) in [5.74, 6) is -3.68. The standard InChI is InChI=1S/C12H9ClF3NO2/c1-19-11(18)10(12(14,15)16)8-5-17-9-3-2-6(13)4-7(8)9/h2-5,10,17H,1H3. The Hall–Kier alpha value is -1.69. The summed E-state index contributed by atoms with van der Waals surface area (Å²) in [5, 5.41) is 0.541. The van der Waals surface area contributed by atoms with E-state index in [0.717, 1.165) is 13.3 Å². The monoisotopic (exact) mass is 291 g/mol. The van der Waals surface area contributed by atoms with Gasteiger partial charge in [0, 0.05) is 27.7 Å². The molecule has 1 atom stereocenters. The molecule has 1 heterocycles. The minimum absolute atomic E-state index is 0.197. The van der Waals surface area contributed by atoms with Crippen molar-refractivity contribution in [3.8, 4) is 0 Å². The number of halogens is 4. The summed E-state index contributed by atoms with van der Waals surface area (Å²) in [6, 6.07) is 4.47. The first-order valence-corrected chi connectivity index (χ1v) is 5.63. The number of fused-ring (bicyclic) bond motifs is 1. The Balaban J connectivity index is 2.63. The molecular weight excluding hydrogens is 283 g/mol. The summed E-state index contributed by atoms with van der Waals surface area (Å²) >= 11 is 5.77. The fourth-order valence-corrected chi connectivity index (χ4v) is 2.08. The van der Waals surface area contributed by atoms with Gasteiger partial charge >= 0.3 is 12.1 Å². The lowest BCUT2D eigenvalue weighted by Crippen LogP contribution is -2.29. The van der Waals surface area contributed by atoms with Crippen LogP contribution in [0.15, 0.2) is 24.4 Å². The van der Waals surface area contributed by atoms with Crippen LogP contribution in [0.1, 0.15) is 11.5 Å². The number of carbonyl (C=O) groups is 1. The second-order valence-corrected chi connectivity index (χ2v) is 4.37. The number of rotatable bonds is 2. The Labute approximate surface area is 111 Å². The van der Waals surface area contributed by atoms with Gasteiger partial charge in [0.2, 0.25) is 0 Å². The van der Waals surface area contributed by atoms with Crippen molar-refractivity contribution >= 4 is 28.5 Å². The number of methoxy groups -OCH3 is 1. The van der Waals surface area contributed by atoms with Gasteiger partial charge in [0.1, 0.15) is 0 Å². The number of aromatic amines is 1. The van der Waals surface area contributed by atoms with Gasteiger partial charge in [0.25, 0.3) is 0 Å². The molecule has 1 aromatic carbocycles. The maximum Gasteiger partial charge on any atom is 0.406 e. The van der Waals surface area contributed by atoms with Gasteiger partial charge in [0.15, 0.2) is 5.92 Å². The molecule has 2 rings (SSSR count). The SMILES string of the molecule is COC(=O)C(c1c[nH]c2ccc(Cl)cc12)C(F)(F)F. The van der Waals surface area contributed by atoms with Gasteiger partial charge in [-0.3, -0.25) is 4.79 Å². The van der Waals surface area contributed by atoms with Crippen LogP contribution in [0.2, 0.25) is 5.02 Å². The van der Waals surface area contributed by atoms with Gasteiger partial charge in [-0.05, 0) is 18.2 Å². The van der Waals surface area contributed by atoms with Gasteiger partial charge < -0.3 is 9.72 Å². The fraction of sp³-hybridized carbons (Fsp3) is 0.250. The first kappa shape index (κ1) is 13.7. The molecule has 0 saturated heterocycles. The van der Waals surface area contributed by atoms with Crippen molar-refractivity contribution in [3.05, 3.63) is 35.0 Å². The number of H-pyrrole nitrogens is 1. The third-order valence-electron chi connectivity index (χ3n) is 2.75. The van der Waals surface area contributed by atoms with Crippen molar-refractivity contribution < 1.29 is 22.7 Å². The van der Waals surface area contributed by atoms with E-state index in [2.05, 4.69) is 9.72 Å². The third-order valence-corrected chi connectivity index (χ3v) is 2.99. The fourth-order valence-electron chi connectivity index (χ4n) is 1.91. The second-order valence-electron chi connectivity index (χ2n) is 3.93. The Morgan fingerprint density at radius 2 is 2.11 bits per heavy atom. The molecule has 0 fully saturated rings. The van der Waals surface area contributed by atoms with Crippen LogP contribution in [-0.2, 0) is 9.53 Å². The van der Waals surface area contributed by atoms with Crippen LogP contribution in [0.25, 0.3) is 10.9 Å². The van der Waals surface area contributed by atoms with E-state index in [0.29, 0.717) is 10.5 Å². The van der Waals surface area contributed by atoms with Crippen molar-refractivity contribution in [2.75, 3.05) is 7.11 Å². The summed E-state index contributed by atoms with van der Waals surface area (Å²) in [6.07, 6.45) is -3.58. The number of esters is 1. The van der Waals surface area contributed by atoms with Crippen LogP contribution >= 0.6 is 11.6 Å². The lowest BCUT2D eigenvalue weighted by atomic mass is 9.98. The van der Waals surface area contributed by atoms with Gasteiger partial charge in [0.05, 0.1) is 7.11 Å². The van der Waals surface area contributed by atoms with E-state index in [4.69, 9.17) is 11.6 Å². The molecule has 0 aliphatic heterocycles. The summed E-state index contributed by atoms with van der Waals surface area (Å²) in [5.41, 5.74) is 0.273. The normalized spacial score (nSPS) is 13.5. The highest BCUT2D eigenvalue weighted by atomic mass is 35.5. The van der Waals surface area contributed by atoms with Gasteiger partial charge in [-0.25, -0.2) is 0 Å². The van der Waals surface area contributed by atoms with E-state index in [1.165, 1.54) is 6.07 Å². The lowest BCUT2D eigenvalue weighted by Gasteiger charge is -2.17. The Morgan fingerprint density at radius 3 is 2.68 bits per heavy atom. The molecule has 0 amide bonds. The molecule has 1 unspecified atom stereocenters. The van der Waals surface area contributed by atoms with E-state index in [1.807, 2.05) is 0 Å². The molecule has 3 nitrogen and oxygen atoms in total. The summed E-state index contributed by atoms with van der Waals surface area (Å²) in [7, 11) is 0.920. The third kappa shape index (κ3) is 2.53. The molecule has 0 radical (unpaired) electrons. The number of benzene rings is 1. The Kier molecular flexibility index (Phi) is 3.45. The number of carbonyl (C=O) groups excluding carboxylic acids is 1. The number of nitrogens with one attached hydrogen (secondary N) is 1. The predicted molar refractivity (Wildman–Crippen MR) is 64.1 cm³/mol. The molecule has 1 N–H and O–H groups in total. The highest BCUT2D eigenvalue weighted by Gasteiger charge is 2.48. The minimum atomic E-state index is -4.73. The van der Waals surface area contributed by atoms with Gasteiger partial charge in [-0.2, -0.15) is 13.2 Å². The van der Waals surface area contributed by atoms with Crippen LogP contribution < -0.4 is 0 Å². The number of alkyl halides is 3. The summed E-state index contributed by atoms with van der Waals surface area (Å²) in [4.78, 5) is 14.1. The predicted octanol–water partition coefficient (Wildman–Crippen LogP) is 3.64. The van der Waals surface area contributed by atoms with E-state index >= 15 is 0 Å². The smallest absolute Gasteiger partial charge is 0.406 e. The number of hydrogen-bond acceptors (Lipinski definition) is 2. The second kappa shape index (κ2) is 4.77. The van der Waals surface area contributed by atoms with Crippen molar-refractivity contribution in [2.45, 2.75) is 12.1 Å². The molecule has 0 spiro atoms. The number of aromatic nitrogens is 1. The summed E-state index contributed by atoms with van der Waals surface area (Å²) < 4.78 is 43.2. The van der Waals surface area contributed by atoms with Crippen LogP contribution in [-0.4, -0.2) is 24.2 Å². The average Bonchev–Trinajstić information content (AvgIpc) is 2.70. The molecule has 0 aliphatic rings. The van der Waals surface area contributed by atoms with Gasteiger partial charge in [-0.1, -0.05) is 11.6 Å². The van der Waals surface area contributed by atoms with Gasteiger partial charge in [-0.15, -0.1) is 0 Å². The maximum absolute atomic E-state index is 13.0.